The molecule has 1 aromatic rings. The van der Waals surface area contributed by atoms with Gasteiger partial charge in [0.15, 0.2) is 11.5 Å². The number of likely N-dealkylation sites (tertiary alicyclic amines) is 1. The summed E-state index contributed by atoms with van der Waals surface area (Å²) in [5.41, 5.74) is -0.424. The molecule has 0 radical (unpaired) electrons. The second-order valence-electron chi connectivity index (χ2n) is 9.17. The zero-order valence-electron chi connectivity index (χ0n) is 18.1. The van der Waals surface area contributed by atoms with Gasteiger partial charge in [-0.1, -0.05) is 17.7 Å². The SMILES string of the molecule is Cc1ccc(S(=O)(=O)OC2=C(C(=O)O)N3C(=O)[C@@H]4[C@H]3[C@H](C2)CN4C(=O)OC(C)(C)C)cc1. The Morgan fingerprint density at radius 1 is 1.16 bits per heavy atom. The lowest BCUT2D eigenvalue weighted by molar-refractivity contribution is -0.157. The average molecular weight is 464 g/mol. The molecule has 0 aliphatic carbocycles. The predicted octanol–water partition coefficient (Wildman–Crippen LogP) is 1.85. The Hall–Kier alpha value is -3.08. The maximum atomic E-state index is 12.8. The largest absolute Gasteiger partial charge is 0.476 e. The number of β-lactam (4-membered cyclic amide) rings is 1. The van der Waals surface area contributed by atoms with Crippen LogP contribution in [0.25, 0.3) is 0 Å². The molecule has 10 nitrogen and oxygen atoms in total. The summed E-state index contributed by atoms with van der Waals surface area (Å²) in [6.45, 7) is 7.03. The third kappa shape index (κ3) is 3.60. The minimum Gasteiger partial charge on any atom is -0.476 e. The fraction of sp³-hybridized carbons (Fsp3) is 0.476. The van der Waals surface area contributed by atoms with Crippen LogP contribution in [0.5, 0.6) is 0 Å². The molecule has 0 saturated carbocycles. The molecule has 0 unspecified atom stereocenters. The summed E-state index contributed by atoms with van der Waals surface area (Å²) in [6, 6.07) is 4.52. The number of aliphatic carboxylic acids is 1. The van der Waals surface area contributed by atoms with E-state index >= 15 is 0 Å². The quantitative estimate of drug-likeness (QED) is 0.528. The zero-order valence-corrected chi connectivity index (χ0v) is 18.9. The molecule has 1 N–H and O–H groups in total. The lowest BCUT2D eigenvalue weighted by Crippen LogP contribution is -2.69. The summed E-state index contributed by atoms with van der Waals surface area (Å²) in [4.78, 5) is 39.6. The van der Waals surface area contributed by atoms with E-state index in [4.69, 9.17) is 8.92 Å². The fourth-order valence-electron chi connectivity index (χ4n) is 4.36. The zero-order chi connectivity index (χ0) is 23.6. The predicted molar refractivity (Wildman–Crippen MR) is 110 cm³/mol. The number of amides is 2. The van der Waals surface area contributed by atoms with E-state index in [0.717, 1.165) is 10.5 Å². The third-order valence-electron chi connectivity index (χ3n) is 5.67. The molecule has 2 saturated heterocycles. The van der Waals surface area contributed by atoms with Gasteiger partial charge in [-0.05, 0) is 39.8 Å². The van der Waals surface area contributed by atoms with Crippen LogP contribution in [0.1, 0.15) is 32.8 Å². The van der Waals surface area contributed by atoms with Gasteiger partial charge in [0, 0.05) is 18.9 Å². The minimum absolute atomic E-state index is 0.0447. The number of carboxylic acids is 1. The normalized spacial score (nSPS) is 24.8. The first-order chi connectivity index (χ1) is 14.8. The van der Waals surface area contributed by atoms with Crippen molar-refractivity contribution in [1.29, 1.82) is 0 Å². The van der Waals surface area contributed by atoms with Crippen LogP contribution < -0.4 is 0 Å². The van der Waals surface area contributed by atoms with E-state index in [1.54, 1.807) is 39.8 Å². The number of carboxylic acid groups (broad SMARTS) is 1. The summed E-state index contributed by atoms with van der Waals surface area (Å²) in [5.74, 6) is -2.77. The number of aryl methyl sites for hydroxylation is 1. The molecular formula is C21H24N2O8S. The molecule has 3 aliphatic heterocycles. The highest BCUT2D eigenvalue weighted by Crippen LogP contribution is 2.48. The van der Waals surface area contributed by atoms with Gasteiger partial charge in [-0.15, -0.1) is 0 Å². The Bertz CT molecular complexity index is 1130. The number of hydrogen-bond acceptors (Lipinski definition) is 7. The molecule has 3 aliphatic rings. The van der Waals surface area contributed by atoms with E-state index in [1.807, 2.05) is 0 Å². The first kappa shape index (κ1) is 22.1. The summed E-state index contributed by atoms with van der Waals surface area (Å²) >= 11 is 0. The summed E-state index contributed by atoms with van der Waals surface area (Å²) in [5, 5.41) is 9.74. The number of carbonyl (C=O) groups excluding carboxylic acids is 2. The number of hydrogen-bond donors (Lipinski definition) is 1. The highest BCUT2D eigenvalue weighted by molar-refractivity contribution is 7.86. The molecule has 2 fully saturated rings. The van der Waals surface area contributed by atoms with Crippen molar-refractivity contribution in [3.05, 3.63) is 41.3 Å². The van der Waals surface area contributed by atoms with E-state index < -0.39 is 51.5 Å². The van der Waals surface area contributed by atoms with Gasteiger partial charge in [-0.2, -0.15) is 8.42 Å². The monoisotopic (exact) mass is 464 g/mol. The molecule has 172 valence electrons. The Morgan fingerprint density at radius 2 is 1.78 bits per heavy atom. The van der Waals surface area contributed by atoms with Crippen LogP contribution in [0, 0.1) is 12.8 Å². The molecule has 1 aromatic carbocycles. The molecule has 3 heterocycles. The highest BCUT2D eigenvalue weighted by Gasteiger charge is 2.65. The van der Waals surface area contributed by atoms with Crippen LogP contribution in [0.4, 0.5) is 4.79 Å². The van der Waals surface area contributed by atoms with E-state index in [2.05, 4.69) is 0 Å². The number of allylic oxidation sites excluding steroid dienone is 1. The number of benzene rings is 1. The van der Waals surface area contributed by atoms with Crippen molar-refractivity contribution < 1.29 is 36.8 Å². The van der Waals surface area contributed by atoms with Crippen LogP contribution in [0.3, 0.4) is 0 Å². The van der Waals surface area contributed by atoms with Crippen molar-refractivity contribution in [3.8, 4) is 0 Å². The third-order valence-corrected chi connectivity index (χ3v) is 6.94. The number of nitrogens with zero attached hydrogens (tertiary/aromatic N) is 2. The molecule has 2 amide bonds. The van der Waals surface area contributed by atoms with Crippen LogP contribution in [-0.4, -0.2) is 65.5 Å². The average Bonchev–Trinajstić information content (AvgIpc) is 3.02. The van der Waals surface area contributed by atoms with Gasteiger partial charge < -0.3 is 14.0 Å². The van der Waals surface area contributed by atoms with Gasteiger partial charge in [0.2, 0.25) is 0 Å². The van der Waals surface area contributed by atoms with E-state index in [1.165, 1.54) is 17.0 Å². The van der Waals surface area contributed by atoms with E-state index in [-0.39, 0.29) is 29.5 Å². The Labute approximate surface area is 185 Å². The topological polar surface area (TPSA) is 131 Å². The van der Waals surface area contributed by atoms with Gasteiger partial charge in [0.05, 0.1) is 6.04 Å². The molecular weight excluding hydrogens is 440 g/mol. The molecule has 0 spiro atoms. The molecule has 4 rings (SSSR count). The standard InChI is InChI=1S/C21H24N2O8S/c1-11-5-7-13(8-6-11)32(28,29)31-14-9-12-10-22(20(27)30-21(2,3)4)17-15(12)23(18(17)24)16(14)19(25)26/h5-8,12,15,17H,9-10H2,1-4H3,(H,25,26)/t12-,15-,17+/m1/s1. The summed E-state index contributed by atoms with van der Waals surface area (Å²) in [7, 11) is -4.31. The smallest absolute Gasteiger partial charge is 0.411 e. The number of ether oxygens (including phenoxy) is 1. The molecule has 11 heteroatoms. The first-order valence-electron chi connectivity index (χ1n) is 10.1. The second-order valence-corrected chi connectivity index (χ2v) is 10.7. The van der Waals surface area contributed by atoms with Crippen LogP contribution >= 0.6 is 0 Å². The fourth-order valence-corrected chi connectivity index (χ4v) is 5.34. The van der Waals surface area contributed by atoms with Crippen LogP contribution in [0.2, 0.25) is 0 Å². The summed E-state index contributed by atoms with van der Waals surface area (Å²) in [6.07, 6.45) is -0.715. The van der Waals surface area contributed by atoms with E-state index in [9.17, 15) is 27.9 Å². The maximum Gasteiger partial charge on any atom is 0.411 e. The Balaban J connectivity index is 1.64. The van der Waals surface area contributed by atoms with E-state index in [0.29, 0.717) is 0 Å². The van der Waals surface area contributed by atoms with Gasteiger partial charge in [-0.25, -0.2) is 9.59 Å². The van der Waals surface area contributed by atoms with Crippen molar-refractivity contribution in [2.75, 3.05) is 6.54 Å². The highest BCUT2D eigenvalue weighted by atomic mass is 32.2. The number of carbonyl (C=O) groups is 3. The summed E-state index contributed by atoms with van der Waals surface area (Å²) < 4.78 is 36.2. The van der Waals surface area contributed by atoms with Gasteiger partial charge in [0.1, 0.15) is 16.5 Å². The van der Waals surface area contributed by atoms with Crippen LogP contribution in [-0.2, 0) is 28.6 Å². The van der Waals surface area contributed by atoms with Crippen molar-refractivity contribution in [2.45, 2.75) is 56.7 Å². The molecule has 0 aromatic heterocycles. The van der Waals surface area contributed by atoms with Gasteiger partial charge in [-0.3, -0.25) is 14.6 Å². The van der Waals surface area contributed by atoms with Crippen LogP contribution in [0.15, 0.2) is 40.6 Å². The Kier molecular flexibility index (Phi) is 5.00. The lowest BCUT2D eigenvalue weighted by atomic mass is 9.82. The van der Waals surface area contributed by atoms with Gasteiger partial charge >= 0.3 is 22.2 Å². The molecule has 3 atom stereocenters. The Morgan fingerprint density at radius 3 is 2.34 bits per heavy atom. The first-order valence-corrected chi connectivity index (χ1v) is 11.5. The second kappa shape index (κ2) is 7.22. The van der Waals surface area contributed by atoms with Gasteiger partial charge in [0.25, 0.3) is 5.91 Å². The lowest BCUT2D eigenvalue weighted by Gasteiger charge is -2.49. The molecule has 32 heavy (non-hydrogen) atoms. The van der Waals surface area contributed by atoms with Crippen molar-refractivity contribution in [1.82, 2.24) is 9.80 Å². The van der Waals surface area contributed by atoms with Crippen molar-refractivity contribution >= 4 is 28.1 Å². The molecule has 0 bridgehead atoms. The number of rotatable bonds is 4. The maximum absolute atomic E-state index is 12.8. The van der Waals surface area contributed by atoms with Crippen molar-refractivity contribution in [3.63, 3.8) is 0 Å². The van der Waals surface area contributed by atoms with Crippen molar-refractivity contribution in [2.24, 2.45) is 5.92 Å². The minimum atomic E-state index is -4.31.